The molecule has 1 rings (SSSR count). The van der Waals surface area contributed by atoms with Gasteiger partial charge in [-0.25, -0.2) is 4.39 Å². The molecular formula is C9H11ClFN. The van der Waals surface area contributed by atoms with Crippen molar-refractivity contribution in [2.75, 3.05) is 14.1 Å². The molecule has 3 heteroatoms. The van der Waals surface area contributed by atoms with Crippen LogP contribution in [-0.2, 0) is 6.54 Å². The van der Waals surface area contributed by atoms with E-state index in [-0.39, 0.29) is 10.8 Å². The highest BCUT2D eigenvalue weighted by Gasteiger charge is 2.00. The number of hydrogen-bond acceptors (Lipinski definition) is 1. The lowest BCUT2D eigenvalue weighted by Gasteiger charge is -2.09. The zero-order valence-corrected chi connectivity index (χ0v) is 7.90. The van der Waals surface area contributed by atoms with Crippen LogP contribution in [0.3, 0.4) is 0 Å². The van der Waals surface area contributed by atoms with Crippen LogP contribution < -0.4 is 0 Å². The number of benzene rings is 1. The summed E-state index contributed by atoms with van der Waals surface area (Å²) in [6.45, 7) is 0.778. The molecule has 0 bridgehead atoms. The van der Waals surface area contributed by atoms with Gasteiger partial charge in [0.25, 0.3) is 0 Å². The second-order valence-electron chi connectivity index (χ2n) is 2.99. The Kier molecular flexibility index (Phi) is 3.06. The Morgan fingerprint density at radius 1 is 1.42 bits per heavy atom. The Hall–Kier alpha value is -0.600. The Morgan fingerprint density at radius 3 is 2.58 bits per heavy atom. The standard InChI is InChI=1S/C9H11ClFN/c1-12(2)6-7-3-4-9(11)8(10)5-7/h3-5H,6H2,1-2H3. The topological polar surface area (TPSA) is 3.24 Å². The van der Waals surface area contributed by atoms with Gasteiger partial charge in [0.15, 0.2) is 0 Å². The first kappa shape index (κ1) is 9.49. The van der Waals surface area contributed by atoms with E-state index in [2.05, 4.69) is 0 Å². The third-order valence-corrected chi connectivity index (χ3v) is 1.77. The lowest BCUT2D eigenvalue weighted by Crippen LogP contribution is -2.10. The summed E-state index contributed by atoms with van der Waals surface area (Å²) in [6, 6.07) is 4.78. The molecule has 1 aromatic carbocycles. The fraction of sp³-hybridized carbons (Fsp3) is 0.333. The van der Waals surface area contributed by atoms with Crippen LogP contribution in [0.15, 0.2) is 18.2 Å². The van der Waals surface area contributed by atoms with Gasteiger partial charge in [-0.1, -0.05) is 17.7 Å². The third kappa shape index (κ3) is 2.47. The molecule has 0 aliphatic rings. The van der Waals surface area contributed by atoms with Gasteiger partial charge in [0.2, 0.25) is 0 Å². The summed E-state index contributed by atoms with van der Waals surface area (Å²) in [4.78, 5) is 2.00. The summed E-state index contributed by atoms with van der Waals surface area (Å²) < 4.78 is 12.7. The average Bonchev–Trinajstić information content (AvgIpc) is 1.96. The van der Waals surface area contributed by atoms with E-state index in [9.17, 15) is 4.39 Å². The van der Waals surface area contributed by atoms with Crippen LogP contribution >= 0.6 is 11.6 Å². The highest BCUT2D eigenvalue weighted by Crippen LogP contribution is 2.16. The lowest BCUT2D eigenvalue weighted by molar-refractivity contribution is 0.402. The number of halogens is 2. The highest BCUT2D eigenvalue weighted by atomic mass is 35.5. The van der Waals surface area contributed by atoms with E-state index in [0.717, 1.165) is 12.1 Å². The minimum atomic E-state index is -0.362. The number of nitrogens with zero attached hydrogens (tertiary/aromatic N) is 1. The van der Waals surface area contributed by atoms with Gasteiger partial charge in [-0.05, 0) is 31.8 Å². The van der Waals surface area contributed by atoms with Crippen molar-refractivity contribution in [1.29, 1.82) is 0 Å². The Balaban J connectivity index is 2.82. The number of rotatable bonds is 2. The zero-order chi connectivity index (χ0) is 9.14. The molecule has 1 aromatic rings. The SMILES string of the molecule is CN(C)Cc1ccc(F)c(Cl)c1. The fourth-order valence-corrected chi connectivity index (χ4v) is 1.21. The highest BCUT2D eigenvalue weighted by molar-refractivity contribution is 6.30. The van der Waals surface area contributed by atoms with Crippen LogP contribution in [0, 0.1) is 5.82 Å². The summed E-state index contributed by atoms with van der Waals surface area (Å²) >= 11 is 5.60. The van der Waals surface area contributed by atoms with Crippen molar-refractivity contribution in [2.45, 2.75) is 6.54 Å². The van der Waals surface area contributed by atoms with Crippen LogP contribution in [0.5, 0.6) is 0 Å². The van der Waals surface area contributed by atoms with Gasteiger partial charge in [-0.15, -0.1) is 0 Å². The second kappa shape index (κ2) is 3.87. The maximum Gasteiger partial charge on any atom is 0.141 e. The van der Waals surface area contributed by atoms with E-state index in [0.29, 0.717) is 0 Å². The molecule has 66 valence electrons. The van der Waals surface area contributed by atoms with E-state index >= 15 is 0 Å². The van der Waals surface area contributed by atoms with Gasteiger partial charge < -0.3 is 4.90 Å². The minimum Gasteiger partial charge on any atom is -0.305 e. The van der Waals surface area contributed by atoms with Crippen molar-refractivity contribution >= 4 is 11.6 Å². The van der Waals surface area contributed by atoms with Crippen molar-refractivity contribution in [2.24, 2.45) is 0 Å². The monoisotopic (exact) mass is 187 g/mol. The average molecular weight is 188 g/mol. The molecule has 0 atom stereocenters. The molecule has 0 saturated heterocycles. The summed E-state index contributed by atoms with van der Waals surface area (Å²) in [5.74, 6) is -0.362. The van der Waals surface area contributed by atoms with Crippen molar-refractivity contribution < 1.29 is 4.39 Å². The molecule has 12 heavy (non-hydrogen) atoms. The smallest absolute Gasteiger partial charge is 0.141 e. The molecule has 0 heterocycles. The summed E-state index contributed by atoms with van der Waals surface area (Å²) in [5.41, 5.74) is 1.02. The van der Waals surface area contributed by atoms with Crippen LogP contribution in [0.4, 0.5) is 4.39 Å². The maximum atomic E-state index is 12.7. The van der Waals surface area contributed by atoms with E-state index < -0.39 is 0 Å². The minimum absolute atomic E-state index is 0.189. The molecular weight excluding hydrogens is 177 g/mol. The van der Waals surface area contributed by atoms with Crippen molar-refractivity contribution in [3.05, 3.63) is 34.6 Å². The molecule has 0 aromatic heterocycles. The van der Waals surface area contributed by atoms with Gasteiger partial charge in [-0.3, -0.25) is 0 Å². The summed E-state index contributed by atoms with van der Waals surface area (Å²) in [5, 5.41) is 0.189. The van der Waals surface area contributed by atoms with Crippen LogP contribution in [0.2, 0.25) is 5.02 Å². The predicted molar refractivity (Wildman–Crippen MR) is 48.8 cm³/mol. The zero-order valence-electron chi connectivity index (χ0n) is 7.14. The molecule has 0 fully saturated rings. The maximum absolute atomic E-state index is 12.7. The molecule has 0 unspecified atom stereocenters. The lowest BCUT2D eigenvalue weighted by atomic mass is 10.2. The number of hydrogen-bond donors (Lipinski definition) is 0. The second-order valence-corrected chi connectivity index (χ2v) is 3.39. The summed E-state index contributed by atoms with van der Waals surface area (Å²) in [6.07, 6.45) is 0. The van der Waals surface area contributed by atoms with Gasteiger partial charge >= 0.3 is 0 Å². The van der Waals surface area contributed by atoms with E-state index in [1.807, 2.05) is 19.0 Å². The predicted octanol–water partition coefficient (Wildman–Crippen LogP) is 2.54. The van der Waals surface area contributed by atoms with Crippen molar-refractivity contribution in [3.8, 4) is 0 Å². The summed E-state index contributed by atoms with van der Waals surface area (Å²) in [7, 11) is 3.91. The molecule has 0 aliphatic heterocycles. The van der Waals surface area contributed by atoms with E-state index in [4.69, 9.17) is 11.6 Å². The van der Waals surface area contributed by atoms with Crippen molar-refractivity contribution in [1.82, 2.24) is 4.90 Å². The van der Waals surface area contributed by atoms with E-state index in [1.165, 1.54) is 6.07 Å². The Morgan fingerprint density at radius 2 is 2.08 bits per heavy atom. The molecule has 0 aliphatic carbocycles. The van der Waals surface area contributed by atoms with Crippen LogP contribution in [0.25, 0.3) is 0 Å². The third-order valence-electron chi connectivity index (χ3n) is 1.48. The molecule has 0 amide bonds. The first-order chi connectivity index (χ1) is 5.59. The first-order valence-corrected chi connectivity index (χ1v) is 4.06. The Bertz CT molecular complexity index is 273. The van der Waals surface area contributed by atoms with Gasteiger partial charge in [0, 0.05) is 6.54 Å². The van der Waals surface area contributed by atoms with Crippen LogP contribution in [0.1, 0.15) is 5.56 Å². The van der Waals surface area contributed by atoms with Gasteiger partial charge in [0.1, 0.15) is 5.82 Å². The quantitative estimate of drug-likeness (QED) is 0.688. The molecule has 0 saturated carbocycles. The van der Waals surface area contributed by atoms with Gasteiger partial charge in [-0.2, -0.15) is 0 Å². The van der Waals surface area contributed by atoms with Crippen molar-refractivity contribution in [3.63, 3.8) is 0 Å². The van der Waals surface area contributed by atoms with Crippen LogP contribution in [-0.4, -0.2) is 19.0 Å². The van der Waals surface area contributed by atoms with E-state index in [1.54, 1.807) is 12.1 Å². The largest absolute Gasteiger partial charge is 0.305 e. The normalized spacial score (nSPS) is 10.8. The fourth-order valence-electron chi connectivity index (χ4n) is 1.00. The molecule has 0 radical (unpaired) electrons. The van der Waals surface area contributed by atoms with Gasteiger partial charge in [0.05, 0.1) is 5.02 Å². The molecule has 0 N–H and O–H groups in total. The Labute approximate surface area is 76.8 Å². The molecule has 1 nitrogen and oxygen atoms in total. The first-order valence-electron chi connectivity index (χ1n) is 3.68. The molecule has 0 spiro atoms.